The molecule has 0 aliphatic carbocycles. The summed E-state index contributed by atoms with van der Waals surface area (Å²) < 4.78 is 1.37. The Morgan fingerprint density at radius 3 is 2.34 bits per heavy atom. The maximum absolute atomic E-state index is 12.8. The van der Waals surface area contributed by atoms with Crippen LogP contribution in [0.25, 0.3) is 10.9 Å². The number of nitrogens with zero attached hydrogens (tertiary/aromatic N) is 4. The van der Waals surface area contributed by atoms with Crippen molar-refractivity contribution in [1.82, 2.24) is 19.4 Å². The Hall–Kier alpha value is -2.70. The van der Waals surface area contributed by atoms with Gasteiger partial charge in [0.15, 0.2) is 0 Å². The highest BCUT2D eigenvalue weighted by molar-refractivity contribution is 5.81. The number of likely N-dealkylation sites (tertiary alicyclic amines) is 2. The molecule has 1 aromatic carbocycles. The normalized spacial score (nSPS) is 18.6. The number of hydrogen-bond donors (Lipinski definition) is 0. The largest absolute Gasteiger partial charge is 0.342 e. The highest BCUT2D eigenvalue weighted by Gasteiger charge is 2.30. The molecular formula is C22H28N4O3. The standard InChI is InChI=1S/C22H28N4O3/c27-20(15-26-16-23-19-8-4-3-7-18(19)22(26)29)24-13-9-17(10-14-24)21(28)25-11-5-1-2-6-12-25/h3-4,7-8,16-17H,1-2,5-6,9-15H2. The molecule has 0 unspecified atom stereocenters. The summed E-state index contributed by atoms with van der Waals surface area (Å²) in [6, 6.07) is 7.14. The highest BCUT2D eigenvalue weighted by atomic mass is 16.2. The molecule has 29 heavy (non-hydrogen) atoms. The summed E-state index contributed by atoms with van der Waals surface area (Å²) in [5.74, 6) is 0.181. The average Bonchev–Trinajstić information content (AvgIpc) is 3.05. The number of aromatic nitrogens is 2. The van der Waals surface area contributed by atoms with E-state index in [9.17, 15) is 14.4 Å². The van der Waals surface area contributed by atoms with E-state index >= 15 is 0 Å². The van der Waals surface area contributed by atoms with Crippen molar-refractivity contribution in [3.05, 3.63) is 40.9 Å². The Bertz CT molecular complexity index is 938. The Morgan fingerprint density at radius 1 is 0.931 bits per heavy atom. The maximum Gasteiger partial charge on any atom is 0.261 e. The topological polar surface area (TPSA) is 75.5 Å². The van der Waals surface area contributed by atoms with Crippen LogP contribution < -0.4 is 5.56 Å². The summed E-state index contributed by atoms with van der Waals surface area (Å²) in [6.07, 6.45) is 7.45. The summed E-state index contributed by atoms with van der Waals surface area (Å²) in [6.45, 7) is 2.87. The van der Waals surface area contributed by atoms with Crippen molar-refractivity contribution < 1.29 is 9.59 Å². The predicted octanol–water partition coefficient (Wildman–Crippen LogP) is 2.04. The summed E-state index contributed by atoms with van der Waals surface area (Å²) >= 11 is 0. The molecule has 0 radical (unpaired) electrons. The second kappa shape index (κ2) is 8.76. The van der Waals surface area contributed by atoms with Crippen LogP contribution in [0.5, 0.6) is 0 Å². The Kier molecular flexibility index (Phi) is 5.92. The first kappa shape index (κ1) is 19.6. The number of fused-ring (bicyclic) bond motifs is 1. The second-order valence-electron chi connectivity index (χ2n) is 8.09. The molecule has 0 saturated carbocycles. The summed E-state index contributed by atoms with van der Waals surface area (Å²) in [4.78, 5) is 46.2. The average molecular weight is 396 g/mol. The van der Waals surface area contributed by atoms with Crippen molar-refractivity contribution in [3.63, 3.8) is 0 Å². The Morgan fingerprint density at radius 2 is 1.62 bits per heavy atom. The van der Waals surface area contributed by atoms with Crippen LogP contribution in [0.15, 0.2) is 35.4 Å². The second-order valence-corrected chi connectivity index (χ2v) is 8.09. The number of piperidine rings is 1. The first-order valence-electron chi connectivity index (χ1n) is 10.6. The quantitative estimate of drug-likeness (QED) is 0.796. The lowest BCUT2D eigenvalue weighted by Gasteiger charge is -2.34. The summed E-state index contributed by atoms with van der Waals surface area (Å²) in [5, 5.41) is 0.518. The van der Waals surface area contributed by atoms with Gasteiger partial charge in [-0.25, -0.2) is 4.98 Å². The van der Waals surface area contributed by atoms with Gasteiger partial charge in [-0.2, -0.15) is 0 Å². The number of amides is 2. The number of rotatable bonds is 3. The number of hydrogen-bond acceptors (Lipinski definition) is 4. The van der Waals surface area contributed by atoms with Gasteiger partial charge in [-0.05, 0) is 37.8 Å². The Balaban J connectivity index is 1.35. The number of carbonyl (C=O) groups excluding carboxylic acids is 2. The minimum absolute atomic E-state index is 0.0125. The van der Waals surface area contributed by atoms with Crippen LogP contribution in [-0.2, 0) is 16.1 Å². The third kappa shape index (κ3) is 4.33. The van der Waals surface area contributed by atoms with E-state index in [-0.39, 0.29) is 29.8 Å². The molecule has 1 aromatic heterocycles. The zero-order valence-electron chi connectivity index (χ0n) is 16.8. The lowest BCUT2D eigenvalue weighted by Crippen LogP contribution is -2.46. The van der Waals surface area contributed by atoms with E-state index in [1.165, 1.54) is 23.7 Å². The molecule has 2 aliphatic rings. The molecular weight excluding hydrogens is 368 g/mol. The molecule has 4 rings (SSSR count). The molecule has 0 spiro atoms. The first-order chi connectivity index (χ1) is 14.1. The van der Waals surface area contributed by atoms with Crippen LogP contribution in [0.4, 0.5) is 0 Å². The van der Waals surface area contributed by atoms with Gasteiger partial charge >= 0.3 is 0 Å². The zero-order chi connectivity index (χ0) is 20.2. The van der Waals surface area contributed by atoms with Crippen LogP contribution in [-0.4, -0.2) is 57.3 Å². The van der Waals surface area contributed by atoms with Gasteiger partial charge in [-0.3, -0.25) is 19.0 Å². The maximum atomic E-state index is 12.8. The lowest BCUT2D eigenvalue weighted by atomic mass is 9.95. The van der Waals surface area contributed by atoms with Gasteiger partial charge in [0.25, 0.3) is 5.56 Å². The van der Waals surface area contributed by atoms with Crippen LogP contribution in [0, 0.1) is 5.92 Å². The molecule has 2 fully saturated rings. The van der Waals surface area contributed by atoms with Crippen LogP contribution in [0.1, 0.15) is 38.5 Å². The van der Waals surface area contributed by atoms with Gasteiger partial charge in [0.05, 0.1) is 17.2 Å². The number of para-hydroxylation sites is 1. The predicted molar refractivity (Wildman–Crippen MR) is 110 cm³/mol. The minimum Gasteiger partial charge on any atom is -0.342 e. The van der Waals surface area contributed by atoms with E-state index in [1.54, 1.807) is 23.1 Å². The van der Waals surface area contributed by atoms with Crippen molar-refractivity contribution in [2.45, 2.75) is 45.1 Å². The molecule has 7 heteroatoms. The number of benzene rings is 1. The molecule has 154 valence electrons. The molecule has 3 heterocycles. The third-order valence-electron chi connectivity index (χ3n) is 6.15. The van der Waals surface area contributed by atoms with Crippen LogP contribution in [0.2, 0.25) is 0 Å². The van der Waals surface area contributed by atoms with Gasteiger partial charge in [-0.1, -0.05) is 25.0 Å². The van der Waals surface area contributed by atoms with E-state index in [2.05, 4.69) is 4.98 Å². The molecule has 2 aromatic rings. The summed E-state index contributed by atoms with van der Waals surface area (Å²) in [7, 11) is 0. The van der Waals surface area contributed by atoms with Crippen molar-refractivity contribution in [2.24, 2.45) is 5.92 Å². The van der Waals surface area contributed by atoms with Crippen molar-refractivity contribution in [3.8, 4) is 0 Å². The Labute approximate surface area is 170 Å². The van der Waals surface area contributed by atoms with Crippen LogP contribution >= 0.6 is 0 Å². The smallest absolute Gasteiger partial charge is 0.261 e. The third-order valence-corrected chi connectivity index (χ3v) is 6.15. The van der Waals surface area contributed by atoms with Gasteiger partial charge in [0, 0.05) is 32.1 Å². The number of carbonyl (C=O) groups is 2. The van der Waals surface area contributed by atoms with Gasteiger partial charge in [0.1, 0.15) is 6.54 Å². The van der Waals surface area contributed by atoms with Gasteiger partial charge in [-0.15, -0.1) is 0 Å². The van der Waals surface area contributed by atoms with Crippen molar-refractivity contribution in [1.29, 1.82) is 0 Å². The van der Waals surface area contributed by atoms with E-state index < -0.39 is 0 Å². The van der Waals surface area contributed by atoms with E-state index in [4.69, 9.17) is 0 Å². The molecule has 2 saturated heterocycles. The van der Waals surface area contributed by atoms with Crippen molar-refractivity contribution in [2.75, 3.05) is 26.2 Å². The van der Waals surface area contributed by atoms with Crippen molar-refractivity contribution >= 4 is 22.7 Å². The van der Waals surface area contributed by atoms with Crippen LogP contribution in [0.3, 0.4) is 0 Å². The van der Waals surface area contributed by atoms with E-state index in [1.807, 2.05) is 11.0 Å². The fraction of sp³-hybridized carbons (Fsp3) is 0.545. The molecule has 0 atom stereocenters. The molecule has 0 bridgehead atoms. The minimum atomic E-state index is -0.199. The molecule has 2 amide bonds. The zero-order valence-corrected chi connectivity index (χ0v) is 16.8. The molecule has 2 aliphatic heterocycles. The summed E-state index contributed by atoms with van der Waals surface area (Å²) in [5.41, 5.74) is 0.434. The fourth-order valence-corrected chi connectivity index (χ4v) is 4.39. The van der Waals surface area contributed by atoms with Gasteiger partial charge < -0.3 is 9.80 Å². The fourth-order valence-electron chi connectivity index (χ4n) is 4.39. The van der Waals surface area contributed by atoms with Gasteiger partial charge in [0.2, 0.25) is 11.8 Å². The lowest BCUT2D eigenvalue weighted by molar-refractivity contribution is -0.141. The highest BCUT2D eigenvalue weighted by Crippen LogP contribution is 2.22. The molecule has 0 N–H and O–H groups in total. The van der Waals surface area contributed by atoms with E-state index in [0.29, 0.717) is 36.8 Å². The molecule has 7 nitrogen and oxygen atoms in total. The first-order valence-corrected chi connectivity index (χ1v) is 10.6. The monoisotopic (exact) mass is 396 g/mol. The SMILES string of the molecule is O=C(Cn1cnc2ccccc2c1=O)N1CCC(C(=O)N2CCCCCC2)CC1. The van der Waals surface area contributed by atoms with E-state index in [0.717, 1.165) is 25.9 Å².